The first-order valence-corrected chi connectivity index (χ1v) is 14.5. The molecule has 2 aliphatic heterocycles. The minimum absolute atomic E-state index is 0.162. The Morgan fingerprint density at radius 3 is 2.14 bits per heavy atom. The SMILES string of the molecule is CC(=O)OC[C@@H]1O[C@H](SC2=N/C(=C/c3cccs3)C(=O)N2c2ccccc2)[C@H](OC(C)=O)[C@H](OC(C)=O)[C@@H]1OC(C)=O. The molecule has 42 heavy (non-hydrogen) atoms. The summed E-state index contributed by atoms with van der Waals surface area (Å²) in [6.45, 7) is 4.28. The van der Waals surface area contributed by atoms with Crippen molar-refractivity contribution in [3.63, 3.8) is 0 Å². The van der Waals surface area contributed by atoms with E-state index in [9.17, 15) is 24.0 Å². The Morgan fingerprint density at radius 1 is 0.905 bits per heavy atom. The molecule has 0 N–H and O–H groups in total. The predicted molar refractivity (Wildman–Crippen MR) is 153 cm³/mol. The van der Waals surface area contributed by atoms with Crippen molar-refractivity contribution in [2.24, 2.45) is 4.99 Å². The largest absolute Gasteiger partial charge is 0.463 e. The highest BCUT2D eigenvalue weighted by atomic mass is 32.2. The molecule has 0 spiro atoms. The molecular weight excluding hydrogens is 588 g/mol. The Kier molecular flexibility index (Phi) is 10.1. The summed E-state index contributed by atoms with van der Waals surface area (Å²) in [7, 11) is 0. The van der Waals surface area contributed by atoms with Gasteiger partial charge in [-0.1, -0.05) is 36.0 Å². The summed E-state index contributed by atoms with van der Waals surface area (Å²) in [6, 6.07) is 12.5. The lowest BCUT2D eigenvalue weighted by molar-refractivity contribution is -0.237. The molecule has 0 radical (unpaired) electrons. The Labute approximate surface area is 249 Å². The number of para-hydroxylation sites is 1. The molecule has 1 fully saturated rings. The summed E-state index contributed by atoms with van der Waals surface area (Å²) >= 11 is 2.37. The van der Waals surface area contributed by atoms with E-state index in [2.05, 4.69) is 4.99 Å². The van der Waals surface area contributed by atoms with Crippen LogP contribution >= 0.6 is 23.1 Å². The third-order valence-electron chi connectivity index (χ3n) is 5.84. The maximum atomic E-state index is 13.6. The van der Waals surface area contributed by atoms with Crippen LogP contribution in [0.25, 0.3) is 6.08 Å². The molecular formula is C28H28N2O10S2. The maximum absolute atomic E-state index is 13.6. The first-order chi connectivity index (χ1) is 20.0. The number of ether oxygens (including phenoxy) is 5. The van der Waals surface area contributed by atoms with Crippen LogP contribution in [0.15, 0.2) is 58.5 Å². The van der Waals surface area contributed by atoms with Crippen molar-refractivity contribution in [3.05, 3.63) is 58.4 Å². The second-order valence-electron chi connectivity index (χ2n) is 9.10. The molecule has 0 saturated carbocycles. The van der Waals surface area contributed by atoms with Gasteiger partial charge in [0, 0.05) is 32.6 Å². The van der Waals surface area contributed by atoms with Crippen molar-refractivity contribution in [3.8, 4) is 0 Å². The molecule has 12 nitrogen and oxygen atoms in total. The number of benzene rings is 1. The molecule has 5 atom stereocenters. The van der Waals surface area contributed by atoms with Gasteiger partial charge in [-0.3, -0.25) is 28.9 Å². The average Bonchev–Trinajstić information content (AvgIpc) is 3.54. The van der Waals surface area contributed by atoms with E-state index < -0.39 is 59.6 Å². The highest BCUT2D eigenvalue weighted by molar-refractivity contribution is 8.14. The highest BCUT2D eigenvalue weighted by Gasteiger charge is 2.53. The van der Waals surface area contributed by atoms with Gasteiger partial charge in [0.1, 0.15) is 18.4 Å². The van der Waals surface area contributed by atoms with Gasteiger partial charge in [-0.05, 0) is 29.7 Å². The summed E-state index contributed by atoms with van der Waals surface area (Å²) in [5.74, 6) is -3.23. The third kappa shape index (κ3) is 7.63. The average molecular weight is 617 g/mol. The lowest BCUT2D eigenvalue weighted by atomic mass is 9.99. The van der Waals surface area contributed by atoms with E-state index in [0.717, 1.165) is 37.4 Å². The predicted octanol–water partition coefficient (Wildman–Crippen LogP) is 3.31. The molecule has 0 unspecified atom stereocenters. The van der Waals surface area contributed by atoms with Crippen LogP contribution in [0, 0.1) is 0 Å². The first-order valence-electron chi connectivity index (χ1n) is 12.7. The van der Waals surface area contributed by atoms with Gasteiger partial charge in [0.25, 0.3) is 5.91 Å². The van der Waals surface area contributed by atoms with Crippen molar-refractivity contribution >= 4 is 69.8 Å². The molecule has 1 saturated heterocycles. The zero-order valence-corrected chi connectivity index (χ0v) is 24.7. The number of amides is 1. The molecule has 2 aliphatic rings. The topological polar surface area (TPSA) is 147 Å². The van der Waals surface area contributed by atoms with Gasteiger partial charge in [-0.15, -0.1) is 11.3 Å². The van der Waals surface area contributed by atoms with Gasteiger partial charge in [0.05, 0.1) is 5.69 Å². The summed E-state index contributed by atoms with van der Waals surface area (Å²) in [5.41, 5.74) is -0.465. The van der Waals surface area contributed by atoms with E-state index >= 15 is 0 Å². The number of rotatable bonds is 8. The van der Waals surface area contributed by atoms with Gasteiger partial charge in [0.15, 0.2) is 28.9 Å². The van der Waals surface area contributed by atoms with Crippen molar-refractivity contribution in [1.82, 2.24) is 0 Å². The normalized spacial score (nSPS) is 24.6. The lowest BCUT2D eigenvalue weighted by Gasteiger charge is -2.44. The Morgan fingerprint density at radius 2 is 1.55 bits per heavy atom. The minimum Gasteiger partial charge on any atom is -0.463 e. The second kappa shape index (κ2) is 13.8. The number of hydrogen-bond acceptors (Lipinski definition) is 13. The van der Waals surface area contributed by atoms with E-state index in [1.165, 1.54) is 23.2 Å². The van der Waals surface area contributed by atoms with Gasteiger partial charge >= 0.3 is 23.9 Å². The van der Waals surface area contributed by atoms with E-state index in [0.29, 0.717) is 5.69 Å². The molecule has 1 aromatic carbocycles. The molecule has 1 aromatic heterocycles. The van der Waals surface area contributed by atoms with Crippen LogP contribution in [-0.2, 0) is 47.7 Å². The van der Waals surface area contributed by atoms with E-state index in [4.69, 9.17) is 23.7 Å². The number of carbonyl (C=O) groups excluding carboxylic acids is 5. The Balaban J connectivity index is 1.77. The van der Waals surface area contributed by atoms with Crippen molar-refractivity contribution in [2.45, 2.75) is 57.5 Å². The quantitative estimate of drug-likeness (QED) is 0.244. The summed E-state index contributed by atoms with van der Waals surface area (Å²) in [5, 5.41) is 2.06. The van der Waals surface area contributed by atoms with Crippen LogP contribution in [0.5, 0.6) is 0 Å². The number of carbonyl (C=O) groups is 5. The number of thiophene rings is 1. The van der Waals surface area contributed by atoms with Crippen molar-refractivity contribution in [1.29, 1.82) is 0 Å². The Hall–Kier alpha value is -4.01. The molecule has 0 bridgehead atoms. The minimum atomic E-state index is -1.34. The van der Waals surface area contributed by atoms with Gasteiger partial charge < -0.3 is 23.7 Å². The number of esters is 4. The number of nitrogens with zero attached hydrogens (tertiary/aromatic N) is 2. The number of amidine groups is 1. The van der Waals surface area contributed by atoms with Crippen LogP contribution in [0.2, 0.25) is 0 Å². The fraction of sp³-hybridized carbons (Fsp3) is 0.357. The maximum Gasteiger partial charge on any atom is 0.303 e. The Bertz CT molecular complexity index is 1390. The molecule has 3 heterocycles. The summed E-state index contributed by atoms with van der Waals surface area (Å²) < 4.78 is 27.9. The standard InChI is InChI=1S/C28H28N2O10S2/c1-15(31)36-14-22-23(37-16(2)32)24(38-17(3)33)25(39-18(4)34)27(40-22)42-28-29-21(13-20-11-8-12-41-20)26(35)30(28)19-9-6-5-7-10-19/h5-13,22-25,27H,14H2,1-4H3/b21-13+/t22-,23+,24+,25+,27+/m0/s1. The third-order valence-corrected chi connectivity index (χ3v) is 7.75. The van der Waals surface area contributed by atoms with Crippen LogP contribution in [0.4, 0.5) is 5.69 Å². The highest BCUT2D eigenvalue weighted by Crippen LogP contribution is 2.38. The number of hydrogen-bond donors (Lipinski definition) is 0. The molecule has 4 rings (SSSR count). The van der Waals surface area contributed by atoms with Gasteiger partial charge in [-0.2, -0.15) is 0 Å². The van der Waals surface area contributed by atoms with E-state index in [-0.39, 0.29) is 17.5 Å². The molecule has 222 valence electrons. The molecule has 1 amide bonds. The van der Waals surface area contributed by atoms with Crippen LogP contribution < -0.4 is 4.90 Å². The van der Waals surface area contributed by atoms with Crippen molar-refractivity contribution in [2.75, 3.05) is 11.5 Å². The van der Waals surface area contributed by atoms with Crippen LogP contribution in [-0.4, -0.2) is 71.4 Å². The van der Waals surface area contributed by atoms with Crippen LogP contribution in [0.3, 0.4) is 0 Å². The number of aliphatic imine (C=N–C) groups is 1. The fourth-order valence-corrected chi connectivity index (χ4v) is 6.12. The number of thioether (sulfide) groups is 1. The summed E-state index contributed by atoms with van der Waals surface area (Å²) in [6.07, 6.45) is -3.42. The summed E-state index contributed by atoms with van der Waals surface area (Å²) in [4.78, 5) is 68.4. The van der Waals surface area contributed by atoms with E-state index in [1.807, 2.05) is 17.5 Å². The fourth-order valence-electron chi connectivity index (χ4n) is 4.28. The first kappa shape index (κ1) is 30.9. The van der Waals surface area contributed by atoms with Crippen molar-refractivity contribution < 1.29 is 47.7 Å². The molecule has 14 heteroatoms. The lowest BCUT2D eigenvalue weighted by Crippen LogP contribution is -2.61. The van der Waals surface area contributed by atoms with Gasteiger partial charge in [-0.25, -0.2) is 4.99 Å². The zero-order valence-electron chi connectivity index (χ0n) is 23.1. The zero-order chi connectivity index (χ0) is 30.4. The second-order valence-corrected chi connectivity index (χ2v) is 11.1. The van der Waals surface area contributed by atoms with Gasteiger partial charge in [0.2, 0.25) is 0 Å². The van der Waals surface area contributed by atoms with E-state index in [1.54, 1.807) is 36.4 Å². The molecule has 0 aliphatic carbocycles. The number of anilines is 1. The molecule has 2 aromatic rings. The van der Waals surface area contributed by atoms with Crippen LogP contribution in [0.1, 0.15) is 32.6 Å². The smallest absolute Gasteiger partial charge is 0.303 e. The monoisotopic (exact) mass is 616 g/mol.